The van der Waals surface area contributed by atoms with Crippen LogP contribution < -0.4 is 9.91 Å². The molecule has 0 saturated carbocycles. The molecule has 0 aliphatic carbocycles. The summed E-state index contributed by atoms with van der Waals surface area (Å²) < 4.78 is 0. The van der Waals surface area contributed by atoms with Crippen molar-refractivity contribution in [3.05, 3.63) is 59.7 Å². The Morgan fingerprint density at radius 3 is 2.48 bits per heavy atom. The van der Waals surface area contributed by atoms with Gasteiger partial charge in [-0.2, -0.15) is 5.10 Å². The lowest BCUT2D eigenvalue weighted by Gasteiger charge is -2.26. The Morgan fingerprint density at radius 1 is 1.08 bits per heavy atom. The minimum Gasteiger partial charge on any atom is -0.310 e. The molecule has 1 aliphatic heterocycles. The molecule has 0 saturated heterocycles. The fraction of sp³-hybridized carbons (Fsp3) is 0.250. The molecule has 3 rings (SSSR count). The number of rotatable bonds is 3. The van der Waals surface area contributed by atoms with E-state index < -0.39 is 0 Å². The predicted octanol–water partition coefficient (Wildman–Crippen LogP) is 3.45. The molecule has 25 heavy (non-hydrogen) atoms. The average Bonchev–Trinajstić information content (AvgIpc) is 2.62. The van der Waals surface area contributed by atoms with Crippen LogP contribution in [0.15, 0.2) is 53.6 Å². The molecule has 2 amide bonds. The van der Waals surface area contributed by atoms with E-state index in [2.05, 4.69) is 5.10 Å². The summed E-state index contributed by atoms with van der Waals surface area (Å²) in [5.74, 6) is -0.280. The standard InChI is InChI=1S/C20H21N3O2/c1-14-9-11-18(15(2)13-14)22(3)20(25)17-10-12-19(24)23(21-17)16-7-5-4-6-8-16/h4-9,11,13H,10,12H2,1-3H3. The van der Waals surface area contributed by atoms with Gasteiger partial charge < -0.3 is 4.90 Å². The molecule has 2 aromatic carbocycles. The number of carbonyl (C=O) groups excluding carboxylic acids is 2. The minimum atomic E-state index is -0.180. The molecule has 5 nitrogen and oxygen atoms in total. The Balaban J connectivity index is 1.89. The van der Waals surface area contributed by atoms with Crippen LogP contribution in [0.1, 0.15) is 24.0 Å². The number of benzene rings is 2. The normalized spacial score (nSPS) is 14.3. The van der Waals surface area contributed by atoms with Gasteiger partial charge in [0.2, 0.25) is 5.91 Å². The molecule has 1 aliphatic rings. The Hall–Kier alpha value is -2.95. The number of hydrogen-bond donors (Lipinski definition) is 0. The highest BCUT2D eigenvalue weighted by Crippen LogP contribution is 2.23. The lowest BCUT2D eigenvalue weighted by Crippen LogP contribution is -2.40. The van der Waals surface area contributed by atoms with E-state index in [1.54, 1.807) is 11.9 Å². The SMILES string of the molecule is Cc1ccc(N(C)C(=O)C2=NN(c3ccccc3)C(=O)CC2)c(C)c1. The van der Waals surface area contributed by atoms with Crippen molar-refractivity contribution in [1.82, 2.24) is 0 Å². The second-order valence-electron chi connectivity index (χ2n) is 6.24. The highest BCUT2D eigenvalue weighted by atomic mass is 16.2. The molecule has 2 aromatic rings. The van der Waals surface area contributed by atoms with Crippen LogP contribution in [0.5, 0.6) is 0 Å². The first-order valence-corrected chi connectivity index (χ1v) is 8.28. The Kier molecular flexibility index (Phi) is 4.65. The monoisotopic (exact) mass is 335 g/mol. The molecular weight excluding hydrogens is 314 g/mol. The number of amides is 2. The fourth-order valence-corrected chi connectivity index (χ4v) is 2.96. The van der Waals surface area contributed by atoms with Gasteiger partial charge in [-0.3, -0.25) is 9.59 Å². The molecule has 0 atom stereocenters. The summed E-state index contributed by atoms with van der Waals surface area (Å²) >= 11 is 0. The van der Waals surface area contributed by atoms with E-state index >= 15 is 0 Å². The zero-order valence-electron chi connectivity index (χ0n) is 14.7. The van der Waals surface area contributed by atoms with E-state index in [1.165, 1.54) is 5.01 Å². The second kappa shape index (κ2) is 6.89. The summed E-state index contributed by atoms with van der Waals surface area (Å²) in [4.78, 5) is 26.7. The van der Waals surface area contributed by atoms with Crippen molar-refractivity contribution in [3.63, 3.8) is 0 Å². The van der Waals surface area contributed by atoms with E-state index in [1.807, 2.05) is 62.4 Å². The molecule has 0 N–H and O–H groups in total. The van der Waals surface area contributed by atoms with Gasteiger partial charge in [-0.15, -0.1) is 0 Å². The summed E-state index contributed by atoms with van der Waals surface area (Å²) in [6, 6.07) is 15.1. The molecule has 0 radical (unpaired) electrons. The third-order valence-electron chi connectivity index (χ3n) is 4.30. The van der Waals surface area contributed by atoms with Crippen LogP contribution in [-0.2, 0) is 9.59 Å². The molecule has 0 bridgehead atoms. The number of anilines is 2. The highest BCUT2D eigenvalue weighted by Gasteiger charge is 2.28. The molecule has 128 valence electrons. The van der Waals surface area contributed by atoms with Gasteiger partial charge in [-0.25, -0.2) is 5.01 Å². The third kappa shape index (κ3) is 3.45. The topological polar surface area (TPSA) is 53.0 Å². The van der Waals surface area contributed by atoms with E-state index in [9.17, 15) is 9.59 Å². The van der Waals surface area contributed by atoms with Crippen molar-refractivity contribution in [1.29, 1.82) is 0 Å². The molecule has 0 fully saturated rings. The molecular formula is C20H21N3O2. The third-order valence-corrected chi connectivity index (χ3v) is 4.30. The zero-order chi connectivity index (χ0) is 18.0. The maximum absolute atomic E-state index is 12.9. The van der Waals surface area contributed by atoms with E-state index in [0.717, 1.165) is 16.8 Å². The van der Waals surface area contributed by atoms with Crippen molar-refractivity contribution in [3.8, 4) is 0 Å². The zero-order valence-corrected chi connectivity index (χ0v) is 14.7. The summed E-state index contributed by atoms with van der Waals surface area (Å²) in [5, 5.41) is 5.66. The van der Waals surface area contributed by atoms with Crippen molar-refractivity contribution >= 4 is 28.9 Å². The number of hydrazone groups is 1. The quantitative estimate of drug-likeness (QED) is 0.863. The number of nitrogens with zero attached hydrogens (tertiary/aromatic N) is 3. The number of hydrogen-bond acceptors (Lipinski definition) is 3. The van der Waals surface area contributed by atoms with Gasteiger partial charge >= 0.3 is 0 Å². The van der Waals surface area contributed by atoms with E-state index in [4.69, 9.17) is 0 Å². The maximum atomic E-state index is 12.9. The number of carbonyl (C=O) groups is 2. The van der Waals surface area contributed by atoms with E-state index in [-0.39, 0.29) is 18.2 Å². The first-order valence-electron chi connectivity index (χ1n) is 8.28. The Morgan fingerprint density at radius 2 is 1.80 bits per heavy atom. The molecule has 0 spiro atoms. The van der Waals surface area contributed by atoms with Gasteiger partial charge in [-0.1, -0.05) is 35.9 Å². The first-order chi connectivity index (χ1) is 12.0. The van der Waals surface area contributed by atoms with Crippen molar-refractivity contribution in [2.75, 3.05) is 17.0 Å². The summed E-state index contributed by atoms with van der Waals surface area (Å²) in [5.41, 5.74) is 4.10. The maximum Gasteiger partial charge on any atom is 0.274 e. The number of aryl methyl sites for hydroxylation is 2. The largest absolute Gasteiger partial charge is 0.310 e. The van der Waals surface area contributed by atoms with Gasteiger partial charge in [0, 0.05) is 25.6 Å². The van der Waals surface area contributed by atoms with Gasteiger partial charge in [0.05, 0.1) is 5.69 Å². The number of para-hydroxylation sites is 1. The molecule has 0 unspecified atom stereocenters. The highest BCUT2D eigenvalue weighted by molar-refractivity contribution is 6.44. The van der Waals surface area contributed by atoms with Crippen molar-refractivity contribution < 1.29 is 9.59 Å². The molecule has 0 aromatic heterocycles. The van der Waals surface area contributed by atoms with Gasteiger partial charge in [0.15, 0.2) is 0 Å². The van der Waals surface area contributed by atoms with Crippen molar-refractivity contribution in [2.24, 2.45) is 5.10 Å². The van der Waals surface area contributed by atoms with Crippen LogP contribution in [0.3, 0.4) is 0 Å². The van der Waals surface area contributed by atoms with Crippen molar-refractivity contribution in [2.45, 2.75) is 26.7 Å². The van der Waals surface area contributed by atoms with Crippen LogP contribution in [0.25, 0.3) is 0 Å². The van der Waals surface area contributed by atoms with Crippen LogP contribution >= 0.6 is 0 Å². The van der Waals surface area contributed by atoms with E-state index in [0.29, 0.717) is 17.8 Å². The first kappa shape index (κ1) is 16.9. The van der Waals surface area contributed by atoms with Crippen LogP contribution in [0.4, 0.5) is 11.4 Å². The van der Waals surface area contributed by atoms with Gasteiger partial charge in [0.25, 0.3) is 5.91 Å². The summed E-state index contributed by atoms with van der Waals surface area (Å²) in [6.07, 6.45) is 0.635. The molecule has 1 heterocycles. The summed E-state index contributed by atoms with van der Waals surface area (Å²) in [6.45, 7) is 4.00. The van der Waals surface area contributed by atoms with Crippen LogP contribution in [0, 0.1) is 13.8 Å². The van der Waals surface area contributed by atoms with Crippen LogP contribution in [-0.4, -0.2) is 24.6 Å². The fourth-order valence-electron chi connectivity index (χ4n) is 2.96. The Bertz CT molecular complexity index is 843. The average molecular weight is 335 g/mol. The smallest absolute Gasteiger partial charge is 0.274 e. The Labute approximate surface area is 147 Å². The lowest BCUT2D eigenvalue weighted by molar-refractivity contribution is -0.118. The lowest BCUT2D eigenvalue weighted by atomic mass is 10.1. The predicted molar refractivity (Wildman–Crippen MR) is 99.9 cm³/mol. The molecule has 5 heteroatoms. The second-order valence-corrected chi connectivity index (χ2v) is 6.24. The minimum absolute atomic E-state index is 0.100. The van der Waals surface area contributed by atoms with Gasteiger partial charge in [0.1, 0.15) is 5.71 Å². The summed E-state index contributed by atoms with van der Waals surface area (Å²) in [7, 11) is 1.74. The van der Waals surface area contributed by atoms with Crippen LogP contribution in [0.2, 0.25) is 0 Å². The van der Waals surface area contributed by atoms with Gasteiger partial charge in [-0.05, 0) is 37.6 Å².